The number of primary amides is 1. The number of nitrogens with two attached hydrogens (primary N) is 1. The van der Waals surface area contributed by atoms with E-state index in [0.717, 1.165) is 22.3 Å². The molecule has 4 rings (SSSR count). The van der Waals surface area contributed by atoms with Crippen LogP contribution in [0.15, 0.2) is 84.9 Å². The Morgan fingerprint density at radius 2 is 1.49 bits per heavy atom. The molecule has 41 heavy (non-hydrogen) atoms. The van der Waals surface area contributed by atoms with Gasteiger partial charge in [-0.25, -0.2) is 0 Å². The molecule has 0 radical (unpaired) electrons. The van der Waals surface area contributed by atoms with Crippen molar-refractivity contribution in [2.24, 2.45) is 11.7 Å². The van der Waals surface area contributed by atoms with Crippen molar-refractivity contribution < 1.29 is 19.2 Å². The van der Waals surface area contributed by atoms with Crippen molar-refractivity contribution in [2.75, 3.05) is 6.54 Å². The van der Waals surface area contributed by atoms with Crippen LogP contribution in [0.1, 0.15) is 43.7 Å². The van der Waals surface area contributed by atoms with E-state index in [1.807, 2.05) is 84.9 Å². The van der Waals surface area contributed by atoms with Crippen LogP contribution in [0, 0.1) is 5.92 Å². The van der Waals surface area contributed by atoms with Gasteiger partial charge in [0.1, 0.15) is 12.1 Å². The van der Waals surface area contributed by atoms with E-state index in [1.165, 1.54) is 4.90 Å². The fourth-order valence-corrected chi connectivity index (χ4v) is 5.15. The van der Waals surface area contributed by atoms with E-state index in [0.29, 0.717) is 25.8 Å². The van der Waals surface area contributed by atoms with E-state index in [2.05, 4.69) is 10.6 Å². The summed E-state index contributed by atoms with van der Waals surface area (Å²) in [5.41, 5.74) is 9.71. The van der Waals surface area contributed by atoms with E-state index in [4.69, 9.17) is 5.73 Å². The zero-order chi connectivity index (χ0) is 29.2. The van der Waals surface area contributed by atoms with Crippen LogP contribution in [0.25, 0.3) is 11.1 Å². The van der Waals surface area contributed by atoms with Crippen molar-refractivity contribution in [3.8, 4) is 11.1 Å². The zero-order valence-electron chi connectivity index (χ0n) is 23.4. The second-order valence-electron chi connectivity index (χ2n) is 10.6. The van der Waals surface area contributed by atoms with Crippen LogP contribution in [0.2, 0.25) is 0 Å². The topological polar surface area (TPSA) is 122 Å². The molecule has 0 spiro atoms. The van der Waals surface area contributed by atoms with Gasteiger partial charge in [-0.3, -0.25) is 19.2 Å². The summed E-state index contributed by atoms with van der Waals surface area (Å²) in [6.45, 7) is 2.28. The van der Waals surface area contributed by atoms with Crippen molar-refractivity contribution in [1.82, 2.24) is 15.5 Å². The van der Waals surface area contributed by atoms with Gasteiger partial charge >= 0.3 is 0 Å². The number of rotatable bonds is 6. The molecule has 3 aromatic rings. The van der Waals surface area contributed by atoms with Crippen molar-refractivity contribution in [1.29, 1.82) is 0 Å². The van der Waals surface area contributed by atoms with Crippen LogP contribution < -0.4 is 16.4 Å². The number of nitrogens with zero attached hydrogens (tertiary/aromatic N) is 1. The van der Waals surface area contributed by atoms with Crippen LogP contribution in [0.3, 0.4) is 0 Å². The van der Waals surface area contributed by atoms with Crippen LogP contribution >= 0.6 is 0 Å². The Balaban J connectivity index is 1.67. The summed E-state index contributed by atoms with van der Waals surface area (Å²) in [4.78, 5) is 54.1. The molecule has 4 N–H and O–H groups in total. The molecule has 1 aliphatic rings. The highest BCUT2D eigenvalue weighted by atomic mass is 16.2. The van der Waals surface area contributed by atoms with E-state index in [-0.39, 0.29) is 31.2 Å². The van der Waals surface area contributed by atoms with E-state index in [1.54, 1.807) is 6.92 Å². The first-order valence-corrected chi connectivity index (χ1v) is 14.2. The van der Waals surface area contributed by atoms with Gasteiger partial charge in [0.25, 0.3) is 0 Å². The first-order chi connectivity index (χ1) is 19.8. The molecule has 0 saturated carbocycles. The number of nitrogens with one attached hydrogen (secondary N) is 2. The van der Waals surface area contributed by atoms with Crippen molar-refractivity contribution in [2.45, 2.75) is 57.7 Å². The molecule has 4 amide bonds. The number of carbonyl (C=O) groups excluding carboxylic acids is 4. The fraction of sp³-hybridized carbons (Fsp3) is 0.333. The molecular formula is C33H38N4O4. The summed E-state index contributed by atoms with van der Waals surface area (Å²) in [6, 6.07) is 25.5. The maximum Gasteiger partial charge on any atom is 0.246 e. The summed E-state index contributed by atoms with van der Waals surface area (Å²) in [5, 5.41) is 5.73. The molecule has 214 valence electrons. The molecule has 1 fully saturated rings. The first kappa shape index (κ1) is 29.5. The van der Waals surface area contributed by atoms with Crippen molar-refractivity contribution >= 4 is 23.6 Å². The van der Waals surface area contributed by atoms with Gasteiger partial charge in [0.2, 0.25) is 23.6 Å². The highest BCUT2D eigenvalue weighted by molar-refractivity contribution is 5.93. The van der Waals surface area contributed by atoms with E-state index >= 15 is 0 Å². The van der Waals surface area contributed by atoms with Gasteiger partial charge in [0.05, 0.1) is 0 Å². The molecule has 3 atom stereocenters. The van der Waals surface area contributed by atoms with Gasteiger partial charge in [-0.1, -0.05) is 91.9 Å². The standard InChI is InChI=1S/C33H38N4O4/c1-23-20-30(38)36-28(21-24-10-4-2-5-11-24)33(41)37(29(31(34)39)14-8-9-19-35-32(23)40)22-25-15-17-27(18-16-25)26-12-6-3-7-13-26/h2-7,10-13,15-18,23,28-29H,8-9,14,19-22H2,1H3,(H2,34,39)(H,35,40)(H,36,38). The lowest BCUT2D eigenvalue weighted by Gasteiger charge is -2.34. The largest absolute Gasteiger partial charge is 0.368 e. The minimum absolute atomic E-state index is 0.0510. The maximum atomic E-state index is 14.2. The monoisotopic (exact) mass is 554 g/mol. The predicted molar refractivity (Wildman–Crippen MR) is 158 cm³/mol. The van der Waals surface area contributed by atoms with Crippen LogP contribution in [-0.2, 0) is 32.1 Å². The lowest BCUT2D eigenvalue weighted by Crippen LogP contribution is -2.55. The van der Waals surface area contributed by atoms with Gasteiger partial charge in [-0.2, -0.15) is 0 Å². The van der Waals surface area contributed by atoms with Crippen LogP contribution in [0.4, 0.5) is 0 Å². The molecular weight excluding hydrogens is 516 g/mol. The quantitative estimate of drug-likeness (QED) is 0.431. The Kier molecular flexibility index (Phi) is 10.3. The van der Waals surface area contributed by atoms with E-state index < -0.39 is 29.8 Å². The molecule has 8 nitrogen and oxygen atoms in total. The average Bonchev–Trinajstić information content (AvgIpc) is 2.98. The summed E-state index contributed by atoms with van der Waals surface area (Å²) in [5.74, 6) is -2.14. The summed E-state index contributed by atoms with van der Waals surface area (Å²) < 4.78 is 0. The normalized spacial score (nSPS) is 21.0. The second-order valence-corrected chi connectivity index (χ2v) is 10.6. The Bertz CT molecular complexity index is 1330. The highest BCUT2D eigenvalue weighted by Gasteiger charge is 2.34. The van der Waals surface area contributed by atoms with Crippen LogP contribution in [0.5, 0.6) is 0 Å². The number of hydrogen-bond donors (Lipinski definition) is 3. The van der Waals surface area contributed by atoms with Gasteiger partial charge in [-0.15, -0.1) is 0 Å². The van der Waals surface area contributed by atoms with E-state index in [9.17, 15) is 19.2 Å². The minimum atomic E-state index is -0.937. The molecule has 0 bridgehead atoms. The number of hydrogen-bond acceptors (Lipinski definition) is 4. The van der Waals surface area contributed by atoms with Gasteiger partial charge in [0, 0.05) is 31.8 Å². The molecule has 1 aliphatic heterocycles. The highest BCUT2D eigenvalue weighted by Crippen LogP contribution is 2.22. The lowest BCUT2D eigenvalue weighted by molar-refractivity contribution is -0.143. The predicted octanol–water partition coefficient (Wildman–Crippen LogP) is 3.59. The van der Waals surface area contributed by atoms with Crippen LogP contribution in [-0.4, -0.2) is 47.2 Å². The number of carbonyl (C=O) groups is 4. The van der Waals surface area contributed by atoms with Crippen molar-refractivity contribution in [3.05, 3.63) is 96.1 Å². The number of amides is 4. The fourth-order valence-electron chi connectivity index (χ4n) is 5.15. The smallest absolute Gasteiger partial charge is 0.246 e. The maximum absolute atomic E-state index is 14.2. The summed E-state index contributed by atoms with van der Waals surface area (Å²) in [7, 11) is 0. The Morgan fingerprint density at radius 1 is 0.854 bits per heavy atom. The van der Waals surface area contributed by atoms with Gasteiger partial charge < -0.3 is 21.3 Å². The molecule has 1 saturated heterocycles. The molecule has 0 aliphatic carbocycles. The zero-order valence-corrected chi connectivity index (χ0v) is 23.4. The molecule has 1 heterocycles. The third-order valence-electron chi connectivity index (χ3n) is 7.46. The third kappa shape index (κ3) is 8.27. The SMILES string of the molecule is CC1CC(=O)NC(Cc2ccccc2)C(=O)N(Cc2ccc(-c3ccccc3)cc2)C(C(N)=O)CCCCNC1=O. The molecule has 3 aromatic carbocycles. The average molecular weight is 555 g/mol. The first-order valence-electron chi connectivity index (χ1n) is 14.2. The lowest BCUT2D eigenvalue weighted by atomic mass is 9.99. The Morgan fingerprint density at radius 3 is 2.15 bits per heavy atom. The van der Waals surface area contributed by atoms with Crippen molar-refractivity contribution in [3.63, 3.8) is 0 Å². The molecule has 0 aromatic heterocycles. The summed E-state index contributed by atoms with van der Waals surface area (Å²) in [6.07, 6.45) is 1.75. The minimum Gasteiger partial charge on any atom is -0.368 e. The van der Waals surface area contributed by atoms with Gasteiger partial charge in [0.15, 0.2) is 0 Å². The summed E-state index contributed by atoms with van der Waals surface area (Å²) >= 11 is 0. The molecule has 3 unspecified atom stereocenters. The number of benzene rings is 3. The third-order valence-corrected chi connectivity index (χ3v) is 7.46. The Labute approximate surface area is 241 Å². The molecule has 8 heteroatoms. The second kappa shape index (κ2) is 14.3. The van der Waals surface area contributed by atoms with Gasteiger partial charge in [-0.05, 0) is 41.5 Å². The Hall–Kier alpha value is -4.46.